The monoisotopic (exact) mass is 218 g/mol. The second kappa shape index (κ2) is 4.49. The molecule has 0 atom stereocenters. The molecule has 0 saturated carbocycles. The summed E-state index contributed by atoms with van der Waals surface area (Å²) in [5, 5.41) is 8.99. The number of ether oxygens (including phenoxy) is 1. The van der Waals surface area contributed by atoms with Gasteiger partial charge in [0.15, 0.2) is 0 Å². The van der Waals surface area contributed by atoms with E-state index >= 15 is 0 Å². The number of carboxylic acid groups (broad SMARTS) is 1. The Balaban J connectivity index is 2.40. The van der Waals surface area contributed by atoms with E-state index in [9.17, 15) is 4.79 Å². The van der Waals surface area contributed by atoms with Crippen molar-refractivity contribution in [2.75, 3.05) is 13.2 Å². The summed E-state index contributed by atoms with van der Waals surface area (Å²) < 4.78 is 5.24. The van der Waals surface area contributed by atoms with Gasteiger partial charge in [-0.2, -0.15) is 0 Å². The lowest BCUT2D eigenvalue weighted by atomic mass is 9.97. The van der Waals surface area contributed by atoms with Gasteiger partial charge in [-0.25, -0.2) is 4.79 Å². The second-order valence-electron chi connectivity index (χ2n) is 3.95. The van der Waals surface area contributed by atoms with Gasteiger partial charge in [0.25, 0.3) is 0 Å². The van der Waals surface area contributed by atoms with E-state index in [-0.39, 0.29) is 0 Å². The van der Waals surface area contributed by atoms with Crippen LogP contribution in [0.25, 0.3) is 5.57 Å². The van der Waals surface area contributed by atoms with Gasteiger partial charge in [-0.15, -0.1) is 0 Å². The maximum absolute atomic E-state index is 10.9. The van der Waals surface area contributed by atoms with E-state index in [0.29, 0.717) is 18.8 Å². The van der Waals surface area contributed by atoms with Crippen LogP contribution in [-0.2, 0) is 4.74 Å². The SMILES string of the molecule is Cc1cc(C(=O)O)cc(C2=CCOCC2)c1. The molecule has 0 bridgehead atoms. The molecule has 16 heavy (non-hydrogen) atoms. The summed E-state index contributed by atoms with van der Waals surface area (Å²) in [5.41, 5.74) is 3.50. The number of carboxylic acids is 1. The van der Waals surface area contributed by atoms with Crippen LogP contribution in [0.5, 0.6) is 0 Å². The average Bonchev–Trinajstić information content (AvgIpc) is 2.29. The summed E-state index contributed by atoms with van der Waals surface area (Å²) in [6.07, 6.45) is 2.87. The van der Waals surface area contributed by atoms with Crippen LogP contribution in [0.3, 0.4) is 0 Å². The van der Waals surface area contributed by atoms with Crippen LogP contribution in [0.2, 0.25) is 0 Å². The number of benzene rings is 1. The maximum atomic E-state index is 10.9. The summed E-state index contributed by atoms with van der Waals surface area (Å²) in [6.45, 7) is 3.24. The van der Waals surface area contributed by atoms with Crippen LogP contribution in [0.15, 0.2) is 24.3 Å². The van der Waals surface area contributed by atoms with Crippen LogP contribution < -0.4 is 0 Å². The molecule has 0 aromatic heterocycles. The predicted molar refractivity (Wildman–Crippen MR) is 61.6 cm³/mol. The smallest absolute Gasteiger partial charge is 0.335 e. The Labute approximate surface area is 94.4 Å². The molecule has 3 heteroatoms. The first-order valence-corrected chi connectivity index (χ1v) is 5.29. The first-order chi connectivity index (χ1) is 7.66. The topological polar surface area (TPSA) is 46.5 Å². The molecule has 0 radical (unpaired) electrons. The fraction of sp³-hybridized carbons (Fsp3) is 0.308. The number of aromatic carboxylic acids is 1. The lowest BCUT2D eigenvalue weighted by Crippen LogP contribution is -2.05. The molecule has 0 saturated heterocycles. The van der Waals surface area contributed by atoms with Gasteiger partial charge < -0.3 is 9.84 Å². The molecule has 0 spiro atoms. The van der Waals surface area contributed by atoms with Gasteiger partial charge in [0.05, 0.1) is 18.8 Å². The summed E-state index contributed by atoms with van der Waals surface area (Å²) in [7, 11) is 0. The van der Waals surface area contributed by atoms with E-state index in [2.05, 4.69) is 0 Å². The zero-order valence-corrected chi connectivity index (χ0v) is 9.19. The molecular formula is C13H14O3. The van der Waals surface area contributed by atoms with E-state index in [1.54, 1.807) is 12.1 Å². The van der Waals surface area contributed by atoms with Gasteiger partial charge in [0.2, 0.25) is 0 Å². The van der Waals surface area contributed by atoms with Crippen molar-refractivity contribution in [1.82, 2.24) is 0 Å². The maximum Gasteiger partial charge on any atom is 0.335 e. The standard InChI is InChI=1S/C13H14O3/c1-9-6-11(8-12(7-9)13(14)15)10-2-4-16-5-3-10/h2,6-8H,3-5H2,1H3,(H,14,15). The van der Waals surface area contributed by atoms with Crippen molar-refractivity contribution in [3.05, 3.63) is 41.0 Å². The molecule has 1 aromatic carbocycles. The Hall–Kier alpha value is -1.61. The average molecular weight is 218 g/mol. The predicted octanol–water partition coefficient (Wildman–Crippen LogP) is 2.50. The normalized spacial score (nSPS) is 15.7. The molecule has 3 nitrogen and oxygen atoms in total. The van der Waals surface area contributed by atoms with Gasteiger partial charge >= 0.3 is 5.97 Å². The van der Waals surface area contributed by atoms with Crippen LogP contribution in [0, 0.1) is 6.92 Å². The molecule has 1 heterocycles. The number of hydrogen-bond acceptors (Lipinski definition) is 2. The summed E-state index contributed by atoms with van der Waals surface area (Å²) in [6, 6.07) is 5.43. The van der Waals surface area contributed by atoms with Crippen LogP contribution in [0.1, 0.15) is 27.9 Å². The fourth-order valence-electron chi connectivity index (χ4n) is 1.88. The highest BCUT2D eigenvalue weighted by Crippen LogP contribution is 2.23. The van der Waals surface area contributed by atoms with Crippen LogP contribution >= 0.6 is 0 Å². The van der Waals surface area contributed by atoms with Crippen molar-refractivity contribution < 1.29 is 14.6 Å². The van der Waals surface area contributed by atoms with Crippen LogP contribution in [0.4, 0.5) is 0 Å². The lowest BCUT2D eigenvalue weighted by molar-refractivity contribution is 0.0696. The van der Waals surface area contributed by atoms with E-state index in [1.807, 2.05) is 19.1 Å². The zero-order valence-electron chi connectivity index (χ0n) is 9.19. The van der Waals surface area contributed by atoms with Crippen molar-refractivity contribution in [3.63, 3.8) is 0 Å². The minimum absolute atomic E-state index is 0.349. The first-order valence-electron chi connectivity index (χ1n) is 5.29. The Morgan fingerprint density at radius 1 is 1.38 bits per heavy atom. The first kappa shape index (κ1) is 10.9. The molecule has 84 valence electrons. The number of hydrogen-bond donors (Lipinski definition) is 1. The highest BCUT2D eigenvalue weighted by Gasteiger charge is 2.10. The zero-order chi connectivity index (χ0) is 11.5. The molecule has 1 aliphatic rings. The Kier molecular flexibility index (Phi) is 3.06. The summed E-state index contributed by atoms with van der Waals surface area (Å²) in [5.74, 6) is -0.877. The summed E-state index contributed by atoms with van der Waals surface area (Å²) >= 11 is 0. The molecular weight excluding hydrogens is 204 g/mol. The molecule has 0 unspecified atom stereocenters. The minimum atomic E-state index is -0.877. The second-order valence-corrected chi connectivity index (χ2v) is 3.95. The van der Waals surface area contributed by atoms with Crippen molar-refractivity contribution in [1.29, 1.82) is 0 Å². The van der Waals surface area contributed by atoms with E-state index in [1.165, 1.54) is 5.57 Å². The van der Waals surface area contributed by atoms with Gasteiger partial charge in [0.1, 0.15) is 0 Å². The molecule has 0 amide bonds. The largest absolute Gasteiger partial charge is 0.478 e. The Bertz CT molecular complexity index is 446. The van der Waals surface area contributed by atoms with Gasteiger partial charge in [-0.05, 0) is 42.2 Å². The third-order valence-corrected chi connectivity index (χ3v) is 2.66. The Morgan fingerprint density at radius 3 is 2.81 bits per heavy atom. The van der Waals surface area contributed by atoms with E-state index < -0.39 is 5.97 Å². The molecule has 0 fully saturated rings. The third kappa shape index (κ3) is 2.31. The van der Waals surface area contributed by atoms with Crippen LogP contribution in [-0.4, -0.2) is 24.3 Å². The quantitative estimate of drug-likeness (QED) is 0.829. The van der Waals surface area contributed by atoms with Gasteiger partial charge in [-0.1, -0.05) is 12.1 Å². The van der Waals surface area contributed by atoms with Crippen molar-refractivity contribution in [3.8, 4) is 0 Å². The van der Waals surface area contributed by atoms with Crippen molar-refractivity contribution in [2.45, 2.75) is 13.3 Å². The molecule has 1 N–H and O–H groups in total. The van der Waals surface area contributed by atoms with Crippen molar-refractivity contribution >= 4 is 11.5 Å². The Morgan fingerprint density at radius 2 is 2.19 bits per heavy atom. The highest BCUT2D eigenvalue weighted by molar-refractivity contribution is 5.89. The third-order valence-electron chi connectivity index (χ3n) is 2.66. The number of rotatable bonds is 2. The molecule has 0 aliphatic carbocycles. The fourth-order valence-corrected chi connectivity index (χ4v) is 1.88. The molecule has 1 aromatic rings. The number of aryl methyl sites for hydroxylation is 1. The minimum Gasteiger partial charge on any atom is -0.478 e. The van der Waals surface area contributed by atoms with Gasteiger partial charge in [0, 0.05) is 0 Å². The lowest BCUT2D eigenvalue weighted by Gasteiger charge is -2.14. The molecule has 1 aliphatic heterocycles. The van der Waals surface area contributed by atoms with E-state index in [4.69, 9.17) is 9.84 Å². The van der Waals surface area contributed by atoms with Gasteiger partial charge in [-0.3, -0.25) is 0 Å². The molecule has 2 rings (SSSR count). The van der Waals surface area contributed by atoms with E-state index in [0.717, 1.165) is 17.5 Å². The van der Waals surface area contributed by atoms with Crippen molar-refractivity contribution in [2.24, 2.45) is 0 Å². The number of carbonyl (C=O) groups is 1. The summed E-state index contributed by atoms with van der Waals surface area (Å²) in [4.78, 5) is 10.9. The highest BCUT2D eigenvalue weighted by atomic mass is 16.5.